The monoisotopic (exact) mass is 359 g/mol. The fourth-order valence-electron chi connectivity index (χ4n) is 1.89. The number of rotatable bonds is 4. The first-order valence-electron chi connectivity index (χ1n) is 6.58. The molecule has 2 heterocycles. The van der Waals surface area contributed by atoms with Crippen LogP contribution in [0.1, 0.15) is 11.3 Å². The third-order valence-electron chi connectivity index (χ3n) is 3.08. The average Bonchev–Trinajstić information content (AvgIpc) is 2.98. The summed E-state index contributed by atoms with van der Waals surface area (Å²) in [7, 11) is 0. The Morgan fingerprint density at radius 2 is 2.14 bits per heavy atom. The predicted octanol–water partition coefficient (Wildman–Crippen LogP) is 4.89. The summed E-state index contributed by atoms with van der Waals surface area (Å²) in [5.41, 5.74) is 4.26. The van der Waals surface area contributed by atoms with E-state index in [0.717, 1.165) is 26.6 Å². The SMILES string of the molecule is Cc1ccc(NCc2csc(-c3ccccn3)n2)cc1Br. The summed E-state index contributed by atoms with van der Waals surface area (Å²) < 4.78 is 1.11. The van der Waals surface area contributed by atoms with Crippen LogP contribution in [0, 0.1) is 6.92 Å². The molecule has 0 aliphatic rings. The second kappa shape index (κ2) is 6.37. The van der Waals surface area contributed by atoms with Crippen LogP contribution >= 0.6 is 27.3 Å². The normalized spacial score (nSPS) is 10.6. The van der Waals surface area contributed by atoms with Crippen molar-refractivity contribution >= 4 is 33.0 Å². The van der Waals surface area contributed by atoms with E-state index in [4.69, 9.17) is 0 Å². The number of benzene rings is 1. The molecule has 0 radical (unpaired) electrons. The lowest BCUT2D eigenvalue weighted by molar-refractivity contribution is 1.07. The maximum atomic E-state index is 4.62. The molecule has 3 aromatic rings. The van der Waals surface area contributed by atoms with Crippen LogP contribution in [0.4, 0.5) is 5.69 Å². The zero-order valence-corrected chi connectivity index (χ0v) is 13.9. The van der Waals surface area contributed by atoms with E-state index in [1.54, 1.807) is 17.5 Å². The summed E-state index contributed by atoms with van der Waals surface area (Å²) in [5.74, 6) is 0. The topological polar surface area (TPSA) is 37.8 Å². The number of aromatic nitrogens is 2. The van der Waals surface area contributed by atoms with Gasteiger partial charge in [-0.05, 0) is 36.8 Å². The van der Waals surface area contributed by atoms with Crippen LogP contribution in [0.15, 0.2) is 52.4 Å². The fourth-order valence-corrected chi connectivity index (χ4v) is 3.06. The van der Waals surface area contributed by atoms with Gasteiger partial charge in [0, 0.05) is 21.7 Å². The summed E-state index contributed by atoms with van der Waals surface area (Å²) in [6, 6.07) is 12.1. The van der Waals surface area contributed by atoms with Crippen LogP contribution < -0.4 is 5.32 Å². The molecule has 3 nitrogen and oxygen atoms in total. The van der Waals surface area contributed by atoms with Gasteiger partial charge in [-0.2, -0.15) is 0 Å². The molecule has 0 atom stereocenters. The summed E-state index contributed by atoms with van der Waals surface area (Å²) in [4.78, 5) is 8.94. The number of hydrogen-bond acceptors (Lipinski definition) is 4. The van der Waals surface area contributed by atoms with Gasteiger partial charge in [0.2, 0.25) is 0 Å². The first-order chi connectivity index (χ1) is 10.2. The molecule has 2 aromatic heterocycles. The van der Waals surface area contributed by atoms with Gasteiger partial charge in [-0.1, -0.05) is 28.1 Å². The molecule has 0 amide bonds. The van der Waals surface area contributed by atoms with Crippen LogP contribution in [0.3, 0.4) is 0 Å². The van der Waals surface area contributed by atoms with Gasteiger partial charge in [0.05, 0.1) is 17.9 Å². The fraction of sp³-hybridized carbons (Fsp3) is 0.125. The minimum Gasteiger partial charge on any atom is -0.379 e. The zero-order chi connectivity index (χ0) is 14.7. The Labute approximate surface area is 136 Å². The van der Waals surface area contributed by atoms with E-state index in [0.29, 0.717) is 6.54 Å². The molecule has 1 N–H and O–H groups in total. The van der Waals surface area contributed by atoms with Gasteiger partial charge in [0.1, 0.15) is 5.01 Å². The van der Waals surface area contributed by atoms with Gasteiger partial charge in [0.15, 0.2) is 0 Å². The van der Waals surface area contributed by atoms with E-state index >= 15 is 0 Å². The lowest BCUT2D eigenvalue weighted by Crippen LogP contribution is -1.99. The number of pyridine rings is 1. The van der Waals surface area contributed by atoms with Gasteiger partial charge >= 0.3 is 0 Å². The quantitative estimate of drug-likeness (QED) is 0.720. The second-order valence-electron chi connectivity index (χ2n) is 4.68. The van der Waals surface area contributed by atoms with Crippen molar-refractivity contribution in [1.82, 2.24) is 9.97 Å². The number of anilines is 1. The standard InChI is InChI=1S/C16H14BrN3S/c1-11-5-6-12(8-14(11)17)19-9-13-10-21-16(20-13)15-4-2-3-7-18-15/h2-8,10,19H,9H2,1H3. The summed E-state index contributed by atoms with van der Waals surface area (Å²) in [6.07, 6.45) is 1.79. The van der Waals surface area contributed by atoms with Gasteiger partial charge in [0.25, 0.3) is 0 Å². The third kappa shape index (κ3) is 3.49. The van der Waals surface area contributed by atoms with Crippen molar-refractivity contribution in [3.05, 3.63) is 63.7 Å². The highest BCUT2D eigenvalue weighted by atomic mass is 79.9. The van der Waals surface area contributed by atoms with E-state index in [1.165, 1.54) is 5.56 Å². The lowest BCUT2D eigenvalue weighted by atomic mass is 10.2. The second-order valence-corrected chi connectivity index (χ2v) is 6.39. The molecule has 5 heteroatoms. The van der Waals surface area contributed by atoms with E-state index in [1.807, 2.05) is 18.2 Å². The molecule has 3 rings (SSSR count). The summed E-state index contributed by atoms with van der Waals surface area (Å²) in [5, 5.41) is 6.41. The van der Waals surface area contributed by atoms with Gasteiger partial charge in [-0.3, -0.25) is 4.98 Å². The number of thiazole rings is 1. The molecular formula is C16H14BrN3S. The molecule has 106 valence electrons. The molecule has 0 aliphatic heterocycles. The number of aryl methyl sites for hydroxylation is 1. The molecular weight excluding hydrogens is 346 g/mol. The minimum atomic E-state index is 0.707. The van der Waals surface area contributed by atoms with Gasteiger partial charge in [-0.15, -0.1) is 11.3 Å². The van der Waals surface area contributed by atoms with Crippen molar-refractivity contribution in [2.24, 2.45) is 0 Å². The third-order valence-corrected chi connectivity index (χ3v) is 4.85. The summed E-state index contributed by atoms with van der Waals surface area (Å²) >= 11 is 5.17. The van der Waals surface area contributed by atoms with Crippen molar-refractivity contribution in [2.75, 3.05) is 5.32 Å². The Balaban J connectivity index is 1.69. The molecule has 0 saturated heterocycles. The lowest BCUT2D eigenvalue weighted by Gasteiger charge is -2.06. The van der Waals surface area contributed by atoms with Crippen LogP contribution in [0.25, 0.3) is 10.7 Å². The molecule has 0 aliphatic carbocycles. The Kier molecular flexibility index (Phi) is 4.31. The van der Waals surface area contributed by atoms with Crippen molar-refractivity contribution in [1.29, 1.82) is 0 Å². The van der Waals surface area contributed by atoms with Crippen LogP contribution in [0.5, 0.6) is 0 Å². The van der Waals surface area contributed by atoms with Crippen LogP contribution in [-0.2, 0) is 6.54 Å². The highest BCUT2D eigenvalue weighted by Gasteiger charge is 2.05. The van der Waals surface area contributed by atoms with Crippen LogP contribution in [0.2, 0.25) is 0 Å². The van der Waals surface area contributed by atoms with Crippen molar-refractivity contribution in [2.45, 2.75) is 13.5 Å². The highest BCUT2D eigenvalue weighted by molar-refractivity contribution is 9.10. The number of nitrogens with one attached hydrogen (secondary N) is 1. The smallest absolute Gasteiger partial charge is 0.142 e. The first-order valence-corrected chi connectivity index (χ1v) is 8.25. The Morgan fingerprint density at radius 3 is 2.90 bits per heavy atom. The molecule has 0 fully saturated rings. The highest BCUT2D eigenvalue weighted by Crippen LogP contribution is 2.23. The number of hydrogen-bond donors (Lipinski definition) is 1. The molecule has 21 heavy (non-hydrogen) atoms. The van der Waals surface area contributed by atoms with E-state index in [-0.39, 0.29) is 0 Å². The van der Waals surface area contributed by atoms with Gasteiger partial charge < -0.3 is 5.32 Å². The Bertz CT molecular complexity index is 740. The Hall–Kier alpha value is -1.72. The zero-order valence-electron chi connectivity index (χ0n) is 11.5. The Morgan fingerprint density at radius 1 is 1.24 bits per heavy atom. The number of halogens is 1. The van der Waals surface area contributed by atoms with E-state index in [2.05, 4.69) is 61.7 Å². The van der Waals surface area contributed by atoms with Gasteiger partial charge in [-0.25, -0.2) is 4.98 Å². The molecule has 0 spiro atoms. The van der Waals surface area contributed by atoms with Crippen molar-refractivity contribution in [3.8, 4) is 10.7 Å². The first kappa shape index (κ1) is 14.2. The van der Waals surface area contributed by atoms with Crippen molar-refractivity contribution in [3.63, 3.8) is 0 Å². The molecule has 1 aromatic carbocycles. The number of nitrogens with zero attached hydrogens (tertiary/aromatic N) is 2. The molecule has 0 saturated carbocycles. The van der Waals surface area contributed by atoms with Crippen LogP contribution in [-0.4, -0.2) is 9.97 Å². The maximum absolute atomic E-state index is 4.62. The van der Waals surface area contributed by atoms with Crippen molar-refractivity contribution < 1.29 is 0 Å². The predicted molar refractivity (Wildman–Crippen MR) is 91.6 cm³/mol. The molecule has 0 bridgehead atoms. The largest absolute Gasteiger partial charge is 0.379 e. The van der Waals surface area contributed by atoms with E-state index < -0.39 is 0 Å². The molecule has 0 unspecified atom stereocenters. The summed E-state index contributed by atoms with van der Waals surface area (Å²) in [6.45, 7) is 2.78. The average molecular weight is 360 g/mol. The van der Waals surface area contributed by atoms with E-state index in [9.17, 15) is 0 Å². The maximum Gasteiger partial charge on any atom is 0.142 e. The minimum absolute atomic E-state index is 0.707.